The van der Waals surface area contributed by atoms with Crippen molar-refractivity contribution >= 4 is 17.9 Å². The Bertz CT molecular complexity index is 277. The molecule has 13 heavy (non-hydrogen) atoms. The summed E-state index contributed by atoms with van der Waals surface area (Å²) in [6.07, 6.45) is 2.04. The van der Waals surface area contributed by atoms with E-state index in [9.17, 15) is 4.79 Å². The monoisotopic (exact) mass is 195 g/mol. The molecule has 0 saturated heterocycles. The Hall–Kier alpha value is -0.820. The molecule has 69 valence electrons. The van der Waals surface area contributed by atoms with E-state index in [0.717, 1.165) is 5.56 Å². The van der Waals surface area contributed by atoms with Gasteiger partial charge >= 0.3 is 0 Å². The van der Waals surface area contributed by atoms with Crippen LogP contribution in [0.1, 0.15) is 25.3 Å². The van der Waals surface area contributed by atoms with Gasteiger partial charge in [-0.3, -0.25) is 4.79 Å². The van der Waals surface area contributed by atoms with E-state index in [0.29, 0.717) is 5.02 Å². The molecule has 0 spiro atoms. The van der Waals surface area contributed by atoms with Gasteiger partial charge in [-0.05, 0) is 23.6 Å². The minimum Gasteiger partial charge on any atom is -0.290 e. The lowest BCUT2D eigenvalue weighted by atomic mass is 9.90. The molecular formula is C11H12ClO. The third-order valence-corrected chi connectivity index (χ3v) is 2.27. The van der Waals surface area contributed by atoms with Crippen molar-refractivity contribution in [2.24, 2.45) is 5.92 Å². The van der Waals surface area contributed by atoms with Crippen LogP contribution < -0.4 is 0 Å². The highest BCUT2D eigenvalue weighted by atomic mass is 35.5. The second kappa shape index (κ2) is 4.43. The van der Waals surface area contributed by atoms with Crippen LogP contribution >= 0.6 is 11.6 Å². The lowest BCUT2D eigenvalue weighted by Crippen LogP contribution is -2.07. The number of rotatable bonds is 3. The Morgan fingerprint density at radius 1 is 1.23 bits per heavy atom. The fraction of sp³-hybridized carbons (Fsp3) is 0.364. The average molecular weight is 196 g/mol. The Morgan fingerprint density at radius 3 is 2.15 bits per heavy atom. The molecule has 1 unspecified atom stereocenters. The average Bonchev–Trinajstić information content (AvgIpc) is 2.09. The van der Waals surface area contributed by atoms with Gasteiger partial charge in [0.25, 0.3) is 0 Å². The first-order chi connectivity index (χ1) is 6.15. The minimum atomic E-state index is -0.141. The van der Waals surface area contributed by atoms with E-state index < -0.39 is 0 Å². The molecule has 0 aliphatic heterocycles. The summed E-state index contributed by atoms with van der Waals surface area (Å²) < 4.78 is 0. The molecule has 2 heteroatoms. The fourth-order valence-corrected chi connectivity index (χ4v) is 1.39. The number of hydrogen-bond donors (Lipinski definition) is 0. The third-order valence-electron chi connectivity index (χ3n) is 2.02. The fourth-order valence-electron chi connectivity index (χ4n) is 1.26. The summed E-state index contributed by atoms with van der Waals surface area (Å²) in [6.45, 7) is 4.01. The van der Waals surface area contributed by atoms with Crippen molar-refractivity contribution in [1.29, 1.82) is 0 Å². The second-order valence-electron chi connectivity index (χ2n) is 3.39. The molecule has 1 rings (SSSR count). The van der Waals surface area contributed by atoms with Crippen molar-refractivity contribution in [3.05, 3.63) is 34.9 Å². The highest BCUT2D eigenvalue weighted by Crippen LogP contribution is 2.23. The molecule has 0 N–H and O–H groups in total. The maximum Gasteiger partial charge on any atom is 0.206 e. The Morgan fingerprint density at radius 2 is 1.77 bits per heavy atom. The van der Waals surface area contributed by atoms with E-state index >= 15 is 0 Å². The van der Waals surface area contributed by atoms with E-state index in [1.54, 1.807) is 12.1 Å². The largest absolute Gasteiger partial charge is 0.290 e. The van der Waals surface area contributed by atoms with Gasteiger partial charge in [0, 0.05) is 5.02 Å². The standard InChI is InChI=1S/C11H12ClO/c1-8(2)11(7-13)9-3-5-10(12)6-4-9/h3-6,8,11H,1-2H3. The number of carbonyl (C=O) groups excluding carboxylic acids is 1. The van der Waals surface area contributed by atoms with Crippen LogP contribution in [0.2, 0.25) is 5.02 Å². The summed E-state index contributed by atoms with van der Waals surface area (Å²) in [5, 5.41) is 0.692. The van der Waals surface area contributed by atoms with Crippen molar-refractivity contribution in [2.75, 3.05) is 0 Å². The molecule has 1 radical (unpaired) electrons. The zero-order valence-electron chi connectivity index (χ0n) is 7.75. The second-order valence-corrected chi connectivity index (χ2v) is 3.83. The molecule has 1 aromatic rings. The first kappa shape index (κ1) is 10.3. The minimum absolute atomic E-state index is 0.141. The Kier molecular flexibility index (Phi) is 3.49. The predicted molar refractivity (Wildman–Crippen MR) is 54.7 cm³/mol. The van der Waals surface area contributed by atoms with E-state index in [4.69, 9.17) is 11.6 Å². The third kappa shape index (κ3) is 2.56. The molecule has 0 aromatic heterocycles. The molecule has 0 aliphatic rings. The van der Waals surface area contributed by atoms with Crippen molar-refractivity contribution in [2.45, 2.75) is 19.8 Å². The molecule has 0 aliphatic carbocycles. The van der Waals surface area contributed by atoms with Gasteiger partial charge in [-0.15, -0.1) is 0 Å². The van der Waals surface area contributed by atoms with Crippen LogP contribution in [0.5, 0.6) is 0 Å². The molecule has 0 heterocycles. The predicted octanol–water partition coefficient (Wildman–Crippen LogP) is 3.19. The normalized spacial score (nSPS) is 12.9. The van der Waals surface area contributed by atoms with Gasteiger partial charge in [-0.25, -0.2) is 0 Å². The lowest BCUT2D eigenvalue weighted by molar-refractivity contribution is 0.509. The summed E-state index contributed by atoms with van der Waals surface area (Å²) in [6, 6.07) is 7.34. The topological polar surface area (TPSA) is 17.1 Å². The van der Waals surface area contributed by atoms with Crippen molar-refractivity contribution in [3.63, 3.8) is 0 Å². The van der Waals surface area contributed by atoms with Gasteiger partial charge in [0.15, 0.2) is 0 Å². The number of benzene rings is 1. The van der Waals surface area contributed by atoms with Crippen LogP contribution in [0, 0.1) is 5.92 Å². The molecule has 1 aromatic carbocycles. The van der Waals surface area contributed by atoms with Gasteiger partial charge in [0.05, 0.1) is 5.92 Å². The zero-order valence-corrected chi connectivity index (χ0v) is 8.51. The maximum atomic E-state index is 10.7. The van der Waals surface area contributed by atoms with Crippen LogP contribution in [-0.2, 0) is 4.79 Å². The van der Waals surface area contributed by atoms with Gasteiger partial charge in [0.1, 0.15) is 0 Å². The van der Waals surface area contributed by atoms with Gasteiger partial charge in [-0.2, -0.15) is 0 Å². The lowest BCUT2D eigenvalue weighted by Gasteiger charge is -2.13. The van der Waals surface area contributed by atoms with E-state index in [1.807, 2.05) is 32.3 Å². The van der Waals surface area contributed by atoms with Crippen LogP contribution in [0.15, 0.2) is 24.3 Å². The van der Waals surface area contributed by atoms with E-state index in [-0.39, 0.29) is 11.8 Å². The molecule has 0 amide bonds. The first-order valence-electron chi connectivity index (χ1n) is 4.28. The van der Waals surface area contributed by atoms with Gasteiger partial charge < -0.3 is 0 Å². The van der Waals surface area contributed by atoms with E-state index in [2.05, 4.69) is 0 Å². The summed E-state index contributed by atoms with van der Waals surface area (Å²) in [5.41, 5.74) is 0.981. The molecule has 0 fully saturated rings. The van der Waals surface area contributed by atoms with Crippen molar-refractivity contribution < 1.29 is 4.79 Å². The van der Waals surface area contributed by atoms with Crippen LogP contribution in [0.25, 0.3) is 0 Å². The number of hydrogen-bond acceptors (Lipinski definition) is 1. The highest BCUT2D eigenvalue weighted by Gasteiger charge is 2.15. The SMILES string of the molecule is CC(C)C([C]=O)c1ccc(Cl)cc1. The Balaban J connectivity index is 2.92. The van der Waals surface area contributed by atoms with Gasteiger partial charge in [-0.1, -0.05) is 37.6 Å². The summed E-state index contributed by atoms with van der Waals surface area (Å²) in [5.74, 6) is 0.135. The van der Waals surface area contributed by atoms with Gasteiger partial charge in [0.2, 0.25) is 6.29 Å². The summed E-state index contributed by atoms with van der Waals surface area (Å²) >= 11 is 5.74. The molecule has 1 atom stereocenters. The molecule has 0 saturated carbocycles. The quantitative estimate of drug-likeness (QED) is 0.724. The van der Waals surface area contributed by atoms with E-state index in [1.165, 1.54) is 0 Å². The molecular weight excluding hydrogens is 184 g/mol. The maximum absolute atomic E-state index is 10.7. The highest BCUT2D eigenvalue weighted by molar-refractivity contribution is 6.30. The van der Waals surface area contributed by atoms with Crippen LogP contribution in [0.4, 0.5) is 0 Å². The smallest absolute Gasteiger partial charge is 0.206 e. The van der Waals surface area contributed by atoms with Crippen LogP contribution in [-0.4, -0.2) is 6.29 Å². The molecule has 0 bridgehead atoms. The number of halogens is 1. The molecule has 1 nitrogen and oxygen atoms in total. The Labute approximate surface area is 83.7 Å². The zero-order chi connectivity index (χ0) is 9.84. The first-order valence-corrected chi connectivity index (χ1v) is 4.66. The van der Waals surface area contributed by atoms with Crippen molar-refractivity contribution in [1.82, 2.24) is 0 Å². The van der Waals surface area contributed by atoms with Crippen LogP contribution in [0.3, 0.4) is 0 Å². The summed E-state index contributed by atoms with van der Waals surface area (Å²) in [4.78, 5) is 10.7. The summed E-state index contributed by atoms with van der Waals surface area (Å²) in [7, 11) is 0. The van der Waals surface area contributed by atoms with Crippen molar-refractivity contribution in [3.8, 4) is 0 Å².